The van der Waals surface area contributed by atoms with Gasteiger partial charge in [0.05, 0.1) is 7.11 Å². The molecule has 2 heterocycles. The van der Waals surface area contributed by atoms with Crippen molar-refractivity contribution < 1.29 is 4.74 Å². The monoisotopic (exact) mass is 254 g/mol. The molecule has 1 atom stereocenters. The molecule has 1 aliphatic heterocycles. The topological polar surface area (TPSA) is 73.1 Å². The molecule has 1 saturated heterocycles. The molecule has 0 saturated carbocycles. The lowest BCUT2D eigenvalue weighted by Crippen LogP contribution is -2.21. The third kappa shape index (κ3) is 3.15. The Morgan fingerprint density at radius 1 is 1.53 bits per heavy atom. The van der Waals surface area contributed by atoms with E-state index in [0.717, 1.165) is 6.54 Å². The number of nitrogens with zero attached hydrogens (tertiary/aromatic N) is 2. The van der Waals surface area contributed by atoms with Gasteiger partial charge >= 0.3 is 0 Å². The van der Waals surface area contributed by atoms with Gasteiger partial charge in [0.1, 0.15) is 6.33 Å². The van der Waals surface area contributed by atoms with Crippen LogP contribution in [0.2, 0.25) is 0 Å². The van der Waals surface area contributed by atoms with Crippen molar-refractivity contribution in [1.29, 1.82) is 0 Å². The van der Waals surface area contributed by atoms with E-state index in [1.807, 2.05) is 11.8 Å². The van der Waals surface area contributed by atoms with E-state index in [9.17, 15) is 0 Å². The molecule has 1 aromatic rings. The molecule has 6 heteroatoms. The van der Waals surface area contributed by atoms with E-state index in [-0.39, 0.29) is 0 Å². The van der Waals surface area contributed by atoms with Crippen LogP contribution in [0.25, 0.3) is 0 Å². The average molecular weight is 254 g/mol. The summed E-state index contributed by atoms with van der Waals surface area (Å²) in [6.45, 7) is 0.900. The van der Waals surface area contributed by atoms with Gasteiger partial charge in [-0.25, -0.2) is 9.97 Å². The van der Waals surface area contributed by atoms with Crippen LogP contribution in [0.5, 0.6) is 5.75 Å². The lowest BCUT2D eigenvalue weighted by Gasteiger charge is -2.22. The van der Waals surface area contributed by atoms with E-state index in [1.165, 1.54) is 31.3 Å². The number of nitrogen functional groups attached to an aromatic ring is 1. The second-order valence-corrected chi connectivity index (χ2v) is 5.42. The Morgan fingerprint density at radius 3 is 3.12 bits per heavy atom. The van der Waals surface area contributed by atoms with Crippen LogP contribution in [0.1, 0.15) is 19.3 Å². The third-order valence-electron chi connectivity index (χ3n) is 2.81. The second kappa shape index (κ2) is 5.95. The first-order chi connectivity index (χ1) is 8.31. The predicted molar refractivity (Wildman–Crippen MR) is 71.6 cm³/mol. The molecular weight excluding hydrogens is 236 g/mol. The van der Waals surface area contributed by atoms with Crippen LogP contribution < -0.4 is 15.8 Å². The Bertz CT molecular complexity index is 368. The highest BCUT2D eigenvalue weighted by Gasteiger charge is 2.15. The highest BCUT2D eigenvalue weighted by molar-refractivity contribution is 7.99. The molecule has 0 aromatic carbocycles. The highest BCUT2D eigenvalue weighted by Crippen LogP contribution is 2.29. The van der Waals surface area contributed by atoms with Crippen molar-refractivity contribution in [2.45, 2.75) is 24.5 Å². The summed E-state index contributed by atoms with van der Waals surface area (Å²) in [7, 11) is 1.58. The number of nitrogens with one attached hydrogen (secondary N) is 1. The van der Waals surface area contributed by atoms with Crippen molar-refractivity contribution in [2.24, 2.45) is 0 Å². The molecule has 1 unspecified atom stereocenters. The number of ether oxygens (including phenoxy) is 1. The number of nitrogens with two attached hydrogens (primary N) is 1. The van der Waals surface area contributed by atoms with Crippen LogP contribution in [-0.2, 0) is 0 Å². The summed E-state index contributed by atoms with van der Waals surface area (Å²) in [5.74, 6) is 2.86. The minimum atomic E-state index is 0.376. The third-order valence-corrected chi connectivity index (χ3v) is 4.20. The molecule has 1 aliphatic rings. The number of hydrogen-bond acceptors (Lipinski definition) is 6. The Hall–Kier alpha value is -1.17. The molecule has 0 bridgehead atoms. The van der Waals surface area contributed by atoms with Crippen molar-refractivity contribution in [3.8, 4) is 5.75 Å². The van der Waals surface area contributed by atoms with Crippen LogP contribution in [-0.4, -0.2) is 34.6 Å². The molecule has 3 N–H and O–H groups in total. The maximum Gasteiger partial charge on any atom is 0.203 e. The van der Waals surface area contributed by atoms with Crippen LogP contribution in [0.15, 0.2) is 6.33 Å². The minimum absolute atomic E-state index is 0.376. The van der Waals surface area contributed by atoms with Crippen molar-refractivity contribution in [2.75, 3.05) is 30.5 Å². The van der Waals surface area contributed by atoms with Crippen LogP contribution in [0.3, 0.4) is 0 Å². The van der Waals surface area contributed by atoms with E-state index in [4.69, 9.17) is 10.5 Å². The fourth-order valence-electron chi connectivity index (χ4n) is 1.89. The summed E-state index contributed by atoms with van der Waals surface area (Å²) in [6, 6.07) is 0. The zero-order chi connectivity index (χ0) is 12.1. The van der Waals surface area contributed by atoms with Crippen LogP contribution in [0, 0.1) is 0 Å². The Labute approximate surface area is 106 Å². The van der Waals surface area contributed by atoms with Gasteiger partial charge in [0.25, 0.3) is 0 Å². The summed E-state index contributed by atoms with van der Waals surface area (Å²) in [6.07, 6.45) is 5.38. The van der Waals surface area contributed by atoms with Gasteiger partial charge in [-0.1, -0.05) is 6.42 Å². The predicted octanol–water partition coefficient (Wildman–Crippen LogP) is 1.76. The Balaban J connectivity index is 1.95. The zero-order valence-corrected chi connectivity index (χ0v) is 10.8. The Kier molecular flexibility index (Phi) is 4.30. The van der Waals surface area contributed by atoms with E-state index in [2.05, 4.69) is 15.3 Å². The van der Waals surface area contributed by atoms with Gasteiger partial charge in [0.2, 0.25) is 5.75 Å². The fourth-order valence-corrected chi connectivity index (χ4v) is 3.13. The number of thioether (sulfide) groups is 1. The molecule has 94 valence electrons. The smallest absolute Gasteiger partial charge is 0.203 e. The fraction of sp³-hybridized carbons (Fsp3) is 0.636. The van der Waals surface area contributed by atoms with Crippen molar-refractivity contribution in [1.82, 2.24) is 9.97 Å². The number of aromatic nitrogens is 2. The number of rotatable bonds is 4. The van der Waals surface area contributed by atoms with Gasteiger partial charge in [0.15, 0.2) is 11.6 Å². The number of anilines is 2. The van der Waals surface area contributed by atoms with Crippen molar-refractivity contribution >= 4 is 23.4 Å². The van der Waals surface area contributed by atoms with Crippen LogP contribution >= 0.6 is 11.8 Å². The van der Waals surface area contributed by atoms with Crippen LogP contribution in [0.4, 0.5) is 11.6 Å². The van der Waals surface area contributed by atoms with Gasteiger partial charge in [-0.15, -0.1) is 0 Å². The van der Waals surface area contributed by atoms with E-state index in [1.54, 1.807) is 7.11 Å². The molecule has 17 heavy (non-hydrogen) atoms. The van der Waals surface area contributed by atoms with Gasteiger partial charge in [-0.3, -0.25) is 0 Å². The van der Waals surface area contributed by atoms with E-state index in [0.29, 0.717) is 22.6 Å². The van der Waals surface area contributed by atoms with E-state index < -0.39 is 0 Å². The summed E-state index contributed by atoms with van der Waals surface area (Å²) in [4.78, 5) is 8.06. The molecule has 2 rings (SSSR count). The molecule has 5 nitrogen and oxygen atoms in total. The van der Waals surface area contributed by atoms with Gasteiger partial charge < -0.3 is 15.8 Å². The summed E-state index contributed by atoms with van der Waals surface area (Å²) >= 11 is 2.02. The maximum atomic E-state index is 5.72. The lowest BCUT2D eigenvalue weighted by molar-refractivity contribution is 0.415. The first kappa shape index (κ1) is 12.3. The molecule has 1 fully saturated rings. The zero-order valence-electron chi connectivity index (χ0n) is 9.98. The maximum absolute atomic E-state index is 5.72. The Morgan fingerprint density at radius 2 is 2.41 bits per heavy atom. The summed E-state index contributed by atoms with van der Waals surface area (Å²) in [5, 5.41) is 3.95. The normalized spacial score (nSPS) is 19.9. The SMILES string of the molecule is COc1c(N)ncnc1NCC1CCCCS1. The van der Waals surface area contributed by atoms with Gasteiger partial charge in [-0.05, 0) is 18.6 Å². The number of hydrogen-bond donors (Lipinski definition) is 2. The van der Waals surface area contributed by atoms with Crippen molar-refractivity contribution in [3.63, 3.8) is 0 Å². The average Bonchev–Trinajstić information content (AvgIpc) is 2.37. The largest absolute Gasteiger partial charge is 0.490 e. The first-order valence-electron chi connectivity index (χ1n) is 5.81. The molecule has 0 radical (unpaired) electrons. The lowest BCUT2D eigenvalue weighted by atomic mass is 10.2. The molecule has 0 amide bonds. The number of methoxy groups -OCH3 is 1. The first-order valence-corrected chi connectivity index (χ1v) is 6.86. The highest BCUT2D eigenvalue weighted by atomic mass is 32.2. The second-order valence-electron chi connectivity index (χ2n) is 4.01. The van der Waals surface area contributed by atoms with Gasteiger partial charge in [0, 0.05) is 11.8 Å². The standard InChI is InChI=1S/C11H18N4OS/c1-16-9-10(12)14-7-15-11(9)13-6-8-4-2-3-5-17-8/h7-8H,2-6H2,1H3,(H3,12,13,14,15). The molecular formula is C11H18N4OS. The quantitative estimate of drug-likeness (QED) is 0.853. The molecule has 1 aromatic heterocycles. The van der Waals surface area contributed by atoms with E-state index >= 15 is 0 Å². The van der Waals surface area contributed by atoms with Gasteiger partial charge in [-0.2, -0.15) is 11.8 Å². The summed E-state index contributed by atoms with van der Waals surface area (Å²) < 4.78 is 5.20. The molecule has 0 spiro atoms. The molecule has 0 aliphatic carbocycles. The summed E-state index contributed by atoms with van der Waals surface area (Å²) in [5.41, 5.74) is 5.72. The van der Waals surface area contributed by atoms with Crippen molar-refractivity contribution in [3.05, 3.63) is 6.33 Å². The minimum Gasteiger partial charge on any atom is -0.490 e.